The van der Waals surface area contributed by atoms with Crippen molar-refractivity contribution in [3.05, 3.63) is 23.8 Å². The molecule has 1 aromatic carbocycles. The normalized spacial score (nSPS) is 13.6. The summed E-state index contributed by atoms with van der Waals surface area (Å²) in [7, 11) is 1.52. The van der Waals surface area contributed by atoms with E-state index in [-0.39, 0.29) is 0 Å². The van der Waals surface area contributed by atoms with Gasteiger partial charge in [0.15, 0.2) is 6.29 Å². The van der Waals surface area contributed by atoms with Crippen molar-refractivity contribution >= 4 is 5.97 Å². The molecule has 5 heteroatoms. The van der Waals surface area contributed by atoms with Crippen LogP contribution in [0.5, 0.6) is 11.5 Å². The van der Waals surface area contributed by atoms with E-state index in [4.69, 9.17) is 14.2 Å². The Morgan fingerprint density at radius 3 is 2.45 bits per heavy atom. The molecular weight excluding hydrogens is 260 g/mol. The molecule has 0 radical (unpaired) electrons. The molecule has 0 aliphatic carbocycles. The SMILES string of the molecule is CCOC(C)Oc1cccc(OC)c1C(CC)C(=O)O. The van der Waals surface area contributed by atoms with Crippen LogP contribution < -0.4 is 9.47 Å². The molecule has 0 saturated carbocycles. The number of carbonyl (C=O) groups is 1. The number of hydrogen-bond donors (Lipinski definition) is 1. The first-order valence-corrected chi connectivity index (χ1v) is 6.73. The van der Waals surface area contributed by atoms with Gasteiger partial charge in [0.2, 0.25) is 0 Å². The Kier molecular flexibility index (Phi) is 6.31. The van der Waals surface area contributed by atoms with Crippen LogP contribution in [0.25, 0.3) is 0 Å². The van der Waals surface area contributed by atoms with E-state index in [0.29, 0.717) is 30.1 Å². The number of methoxy groups -OCH3 is 1. The fraction of sp³-hybridized carbons (Fsp3) is 0.533. The molecule has 0 fully saturated rings. The average molecular weight is 282 g/mol. The fourth-order valence-electron chi connectivity index (χ4n) is 2.10. The minimum absolute atomic E-state index is 0.447. The molecular formula is C15H22O5. The summed E-state index contributed by atoms with van der Waals surface area (Å²) < 4.78 is 16.3. The van der Waals surface area contributed by atoms with E-state index in [1.807, 2.05) is 13.8 Å². The zero-order valence-corrected chi connectivity index (χ0v) is 12.4. The summed E-state index contributed by atoms with van der Waals surface area (Å²) in [4.78, 5) is 11.4. The minimum Gasteiger partial charge on any atom is -0.496 e. The number of benzene rings is 1. The zero-order valence-electron chi connectivity index (χ0n) is 12.4. The summed E-state index contributed by atoms with van der Waals surface area (Å²) in [5, 5.41) is 9.37. The summed E-state index contributed by atoms with van der Waals surface area (Å²) in [6.45, 7) is 5.99. The molecule has 112 valence electrons. The van der Waals surface area contributed by atoms with Gasteiger partial charge in [-0.1, -0.05) is 13.0 Å². The van der Waals surface area contributed by atoms with Gasteiger partial charge in [0.25, 0.3) is 0 Å². The van der Waals surface area contributed by atoms with Crippen LogP contribution in [0, 0.1) is 0 Å². The van der Waals surface area contributed by atoms with Crippen LogP contribution in [0.1, 0.15) is 38.7 Å². The monoisotopic (exact) mass is 282 g/mol. The molecule has 0 aliphatic rings. The van der Waals surface area contributed by atoms with Crippen LogP contribution in [-0.4, -0.2) is 31.1 Å². The maximum Gasteiger partial charge on any atom is 0.311 e. The lowest BCUT2D eigenvalue weighted by Crippen LogP contribution is -2.19. The molecule has 0 amide bonds. The highest BCUT2D eigenvalue weighted by atomic mass is 16.7. The van der Waals surface area contributed by atoms with Crippen molar-refractivity contribution in [2.24, 2.45) is 0 Å². The highest BCUT2D eigenvalue weighted by Gasteiger charge is 2.26. The van der Waals surface area contributed by atoms with Gasteiger partial charge in [-0.15, -0.1) is 0 Å². The van der Waals surface area contributed by atoms with Crippen molar-refractivity contribution in [1.82, 2.24) is 0 Å². The van der Waals surface area contributed by atoms with Crippen LogP contribution >= 0.6 is 0 Å². The molecule has 1 rings (SSSR count). The Hall–Kier alpha value is -1.75. The topological polar surface area (TPSA) is 65.0 Å². The Morgan fingerprint density at radius 1 is 1.30 bits per heavy atom. The molecule has 0 aliphatic heterocycles. The molecule has 0 aromatic heterocycles. The highest BCUT2D eigenvalue weighted by molar-refractivity contribution is 5.78. The summed E-state index contributed by atoms with van der Waals surface area (Å²) in [5.41, 5.74) is 0.552. The fourth-order valence-corrected chi connectivity index (χ4v) is 2.10. The van der Waals surface area contributed by atoms with E-state index in [0.717, 1.165) is 0 Å². The van der Waals surface area contributed by atoms with Gasteiger partial charge < -0.3 is 19.3 Å². The third-order valence-electron chi connectivity index (χ3n) is 3.00. The predicted octanol–water partition coefficient (Wildman–Crippen LogP) is 3.03. The van der Waals surface area contributed by atoms with E-state index in [2.05, 4.69) is 0 Å². The molecule has 0 bridgehead atoms. The Bertz CT molecular complexity index is 444. The van der Waals surface area contributed by atoms with Gasteiger partial charge in [-0.3, -0.25) is 4.79 Å². The van der Waals surface area contributed by atoms with Gasteiger partial charge >= 0.3 is 5.97 Å². The number of carboxylic acid groups (broad SMARTS) is 1. The molecule has 5 nitrogen and oxygen atoms in total. The number of aliphatic carboxylic acids is 1. The van der Waals surface area contributed by atoms with Gasteiger partial charge in [-0.05, 0) is 32.4 Å². The smallest absolute Gasteiger partial charge is 0.311 e. The van der Waals surface area contributed by atoms with Gasteiger partial charge in [-0.2, -0.15) is 0 Å². The first-order chi connectivity index (χ1) is 9.54. The maximum absolute atomic E-state index is 11.4. The number of rotatable bonds is 8. The van der Waals surface area contributed by atoms with Crippen molar-refractivity contribution in [3.63, 3.8) is 0 Å². The van der Waals surface area contributed by atoms with Crippen molar-refractivity contribution < 1.29 is 24.1 Å². The number of hydrogen-bond acceptors (Lipinski definition) is 4. The van der Waals surface area contributed by atoms with E-state index in [9.17, 15) is 9.90 Å². The first kappa shape index (κ1) is 16.3. The lowest BCUT2D eigenvalue weighted by Gasteiger charge is -2.21. The quantitative estimate of drug-likeness (QED) is 0.742. The largest absolute Gasteiger partial charge is 0.496 e. The minimum atomic E-state index is -0.897. The average Bonchev–Trinajstić information content (AvgIpc) is 2.40. The molecule has 0 saturated heterocycles. The second kappa shape index (κ2) is 7.75. The Labute approximate surface area is 119 Å². The maximum atomic E-state index is 11.4. The van der Waals surface area contributed by atoms with Crippen LogP contribution in [0.15, 0.2) is 18.2 Å². The summed E-state index contributed by atoms with van der Waals surface area (Å²) in [5.74, 6) is -0.569. The lowest BCUT2D eigenvalue weighted by molar-refractivity contribution is -0.139. The predicted molar refractivity (Wildman–Crippen MR) is 75.4 cm³/mol. The van der Waals surface area contributed by atoms with E-state index < -0.39 is 18.2 Å². The first-order valence-electron chi connectivity index (χ1n) is 6.73. The van der Waals surface area contributed by atoms with Gasteiger partial charge in [-0.25, -0.2) is 0 Å². The third-order valence-corrected chi connectivity index (χ3v) is 3.00. The number of ether oxygens (including phenoxy) is 3. The van der Waals surface area contributed by atoms with Crippen molar-refractivity contribution in [3.8, 4) is 11.5 Å². The summed E-state index contributed by atoms with van der Waals surface area (Å²) >= 11 is 0. The summed E-state index contributed by atoms with van der Waals surface area (Å²) in [6, 6.07) is 5.24. The lowest BCUT2D eigenvalue weighted by atomic mass is 9.94. The van der Waals surface area contributed by atoms with Crippen LogP contribution in [-0.2, 0) is 9.53 Å². The molecule has 1 N–H and O–H groups in total. The van der Waals surface area contributed by atoms with Crippen molar-refractivity contribution in [2.45, 2.75) is 39.4 Å². The molecule has 1 aromatic rings. The van der Waals surface area contributed by atoms with Crippen LogP contribution in [0.4, 0.5) is 0 Å². The molecule has 20 heavy (non-hydrogen) atoms. The zero-order chi connectivity index (χ0) is 15.1. The second-order valence-electron chi connectivity index (χ2n) is 4.31. The van der Waals surface area contributed by atoms with E-state index in [1.165, 1.54) is 7.11 Å². The van der Waals surface area contributed by atoms with Crippen LogP contribution in [0.3, 0.4) is 0 Å². The van der Waals surface area contributed by atoms with E-state index in [1.54, 1.807) is 25.1 Å². The number of carboxylic acids is 1. The van der Waals surface area contributed by atoms with E-state index >= 15 is 0 Å². The molecule has 2 atom stereocenters. The molecule has 0 spiro atoms. The van der Waals surface area contributed by atoms with Crippen molar-refractivity contribution in [1.29, 1.82) is 0 Å². The molecule has 2 unspecified atom stereocenters. The Morgan fingerprint density at radius 2 is 1.95 bits per heavy atom. The second-order valence-corrected chi connectivity index (χ2v) is 4.31. The molecule has 0 heterocycles. The van der Waals surface area contributed by atoms with Crippen molar-refractivity contribution in [2.75, 3.05) is 13.7 Å². The van der Waals surface area contributed by atoms with Gasteiger partial charge in [0.05, 0.1) is 18.6 Å². The highest BCUT2D eigenvalue weighted by Crippen LogP contribution is 2.37. The standard InChI is InChI=1S/C15H22O5/c1-5-11(15(16)17)14-12(18-4)8-7-9-13(14)20-10(3)19-6-2/h7-11H,5-6H2,1-4H3,(H,16,17). The van der Waals surface area contributed by atoms with Gasteiger partial charge in [0, 0.05) is 6.61 Å². The van der Waals surface area contributed by atoms with Crippen LogP contribution in [0.2, 0.25) is 0 Å². The van der Waals surface area contributed by atoms with Gasteiger partial charge in [0.1, 0.15) is 11.5 Å². The summed E-state index contributed by atoms with van der Waals surface area (Å²) in [6.07, 6.45) is 0.00638. The third kappa shape index (κ3) is 3.87. The Balaban J connectivity index is 3.19.